The summed E-state index contributed by atoms with van der Waals surface area (Å²) in [7, 11) is 0. The van der Waals surface area contributed by atoms with Crippen molar-refractivity contribution in [2.75, 3.05) is 0 Å². The van der Waals surface area contributed by atoms with E-state index >= 15 is 0 Å². The van der Waals surface area contributed by atoms with Crippen molar-refractivity contribution in [2.24, 2.45) is 0 Å². The highest BCUT2D eigenvalue weighted by molar-refractivity contribution is 9.10. The Labute approximate surface area is 120 Å². The quantitative estimate of drug-likeness (QED) is 0.843. The Balaban J connectivity index is 1.61. The molecular weight excluding hydrogens is 306 g/mol. The zero-order valence-corrected chi connectivity index (χ0v) is 12.6. The molecule has 0 bridgehead atoms. The first-order valence-electron chi connectivity index (χ1n) is 6.35. The van der Waals surface area contributed by atoms with Crippen LogP contribution in [-0.4, -0.2) is 0 Å². The lowest BCUT2D eigenvalue weighted by Crippen LogP contribution is -2.13. The van der Waals surface area contributed by atoms with Gasteiger partial charge in [-0.2, -0.15) is 0 Å². The van der Waals surface area contributed by atoms with Crippen LogP contribution in [0.1, 0.15) is 34.8 Å². The van der Waals surface area contributed by atoms with E-state index in [1.54, 1.807) is 16.9 Å². The SMILES string of the molecule is Brc1ccsc1CNCc1ccccc1C1CC1. The van der Waals surface area contributed by atoms with Crippen molar-refractivity contribution < 1.29 is 0 Å². The number of halogens is 1. The summed E-state index contributed by atoms with van der Waals surface area (Å²) in [4.78, 5) is 1.37. The lowest BCUT2D eigenvalue weighted by Gasteiger charge is -2.09. The molecule has 0 aliphatic heterocycles. The molecule has 1 aliphatic carbocycles. The van der Waals surface area contributed by atoms with E-state index in [-0.39, 0.29) is 0 Å². The molecule has 2 aromatic rings. The van der Waals surface area contributed by atoms with Gasteiger partial charge >= 0.3 is 0 Å². The fraction of sp³-hybridized carbons (Fsp3) is 0.333. The highest BCUT2D eigenvalue weighted by Gasteiger charge is 2.25. The minimum atomic E-state index is 0.830. The number of nitrogens with one attached hydrogen (secondary N) is 1. The first kappa shape index (κ1) is 12.4. The van der Waals surface area contributed by atoms with Gasteiger partial charge in [0.05, 0.1) is 0 Å². The van der Waals surface area contributed by atoms with E-state index in [0.29, 0.717) is 0 Å². The van der Waals surface area contributed by atoms with Gasteiger partial charge in [0.15, 0.2) is 0 Å². The molecule has 0 amide bonds. The number of hydrogen-bond acceptors (Lipinski definition) is 2. The maximum absolute atomic E-state index is 3.57. The van der Waals surface area contributed by atoms with Gasteiger partial charge in [-0.05, 0) is 57.3 Å². The molecule has 3 heteroatoms. The topological polar surface area (TPSA) is 12.0 Å². The lowest BCUT2D eigenvalue weighted by molar-refractivity contribution is 0.693. The second-order valence-electron chi connectivity index (χ2n) is 4.77. The van der Waals surface area contributed by atoms with Crippen molar-refractivity contribution in [3.8, 4) is 0 Å². The molecule has 18 heavy (non-hydrogen) atoms. The Hall–Kier alpha value is -0.640. The van der Waals surface area contributed by atoms with Crippen LogP contribution in [0.4, 0.5) is 0 Å². The summed E-state index contributed by atoms with van der Waals surface area (Å²) in [5.74, 6) is 0.830. The van der Waals surface area contributed by atoms with Crippen LogP contribution in [0.3, 0.4) is 0 Å². The summed E-state index contributed by atoms with van der Waals surface area (Å²) < 4.78 is 1.22. The standard InChI is InChI=1S/C15H16BrNS/c16-14-7-8-18-15(14)10-17-9-12-3-1-2-4-13(12)11-5-6-11/h1-4,7-8,11,17H,5-6,9-10H2. The number of thiophene rings is 1. The first-order chi connectivity index (χ1) is 8.84. The van der Waals surface area contributed by atoms with E-state index in [2.05, 4.69) is 57.0 Å². The third kappa shape index (κ3) is 2.85. The van der Waals surface area contributed by atoms with Crippen LogP contribution in [0.15, 0.2) is 40.2 Å². The van der Waals surface area contributed by atoms with Crippen LogP contribution in [0.25, 0.3) is 0 Å². The monoisotopic (exact) mass is 321 g/mol. The van der Waals surface area contributed by atoms with Crippen LogP contribution in [0.2, 0.25) is 0 Å². The Bertz CT molecular complexity index is 531. The molecule has 0 unspecified atom stereocenters. The molecule has 1 N–H and O–H groups in total. The molecule has 0 atom stereocenters. The van der Waals surface area contributed by atoms with Crippen LogP contribution in [-0.2, 0) is 13.1 Å². The van der Waals surface area contributed by atoms with Gasteiger partial charge in [0, 0.05) is 22.4 Å². The van der Waals surface area contributed by atoms with Crippen molar-refractivity contribution >= 4 is 27.3 Å². The summed E-state index contributed by atoms with van der Waals surface area (Å²) in [5, 5.41) is 5.67. The first-order valence-corrected chi connectivity index (χ1v) is 8.02. The van der Waals surface area contributed by atoms with E-state index in [0.717, 1.165) is 19.0 Å². The average Bonchev–Trinajstić information content (AvgIpc) is 3.15. The zero-order chi connectivity index (χ0) is 12.4. The molecular formula is C15H16BrNS. The van der Waals surface area contributed by atoms with Gasteiger partial charge in [-0.15, -0.1) is 11.3 Å². The highest BCUT2D eigenvalue weighted by atomic mass is 79.9. The van der Waals surface area contributed by atoms with E-state index in [1.165, 1.54) is 27.8 Å². The van der Waals surface area contributed by atoms with Gasteiger partial charge in [0.25, 0.3) is 0 Å². The predicted molar refractivity (Wildman–Crippen MR) is 81.0 cm³/mol. The van der Waals surface area contributed by atoms with Crippen molar-refractivity contribution in [2.45, 2.75) is 31.8 Å². The molecule has 1 saturated carbocycles. The molecule has 1 aromatic heterocycles. The van der Waals surface area contributed by atoms with Gasteiger partial charge in [-0.3, -0.25) is 0 Å². The van der Waals surface area contributed by atoms with Crippen molar-refractivity contribution in [1.82, 2.24) is 5.32 Å². The number of benzene rings is 1. The van der Waals surface area contributed by atoms with E-state index in [1.807, 2.05) is 0 Å². The van der Waals surface area contributed by atoms with Gasteiger partial charge in [-0.1, -0.05) is 24.3 Å². The minimum Gasteiger partial charge on any atom is -0.308 e. The Kier molecular flexibility index (Phi) is 3.83. The smallest absolute Gasteiger partial charge is 0.0327 e. The van der Waals surface area contributed by atoms with Crippen LogP contribution >= 0.6 is 27.3 Å². The van der Waals surface area contributed by atoms with Gasteiger partial charge in [-0.25, -0.2) is 0 Å². The van der Waals surface area contributed by atoms with Gasteiger partial charge < -0.3 is 5.32 Å². The summed E-state index contributed by atoms with van der Waals surface area (Å²) in [6.07, 6.45) is 2.74. The van der Waals surface area contributed by atoms with Crippen molar-refractivity contribution in [1.29, 1.82) is 0 Å². The fourth-order valence-corrected chi connectivity index (χ4v) is 3.71. The lowest BCUT2D eigenvalue weighted by atomic mass is 10.0. The molecule has 1 aromatic carbocycles. The van der Waals surface area contributed by atoms with Crippen LogP contribution in [0, 0.1) is 0 Å². The molecule has 0 radical (unpaired) electrons. The number of rotatable bonds is 5. The summed E-state index contributed by atoms with van der Waals surface area (Å²) in [5.41, 5.74) is 3.02. The molecule has 1 heterocycles. The highest BCUT2D eigenvalue weighted by Crippen LogP contribution is 2.41. The zero-order valence-electron chi connectivity index (χ0n) is 10.2. The minimum absolute atomic E-state index is 0.830. The maximum atomic E-state index is 3.57. The normalized spacial score (nSPS) is 14.9. The predicted octanol–water partition coefficient (Wildman–Crippen LogP) is 4.68. The van der Waals surface area contributed by atoms with Crippen LogP contribution < -0.4 is 5.32 Å². The fourth-order valence-electron chi connectivity index (χ4n) is 2.25. The molecule has 0 spiro atoms. The number of hydrogen-bond donors (Lipinski definition) is 1. The van der Waals surface area contributed by atoms with E-state index in [4.69, 9.17) is 0 Å². The van der Waals surface area contributed by atoms with Gasteiger partial charge in [0.1, 0.15) is 0 Å². The third-order valence-electron chi connectivity index (χ3n) is 3.36. The van der Waals surface area contributed by atoms with Crippen LogP contribution in [0.5, 0.6) is 0 Å². The molecule has 3 rings (SSSR count). The largest absolute Gasteiger partial charge is 0.308 e. The molecule has 1 fully saturated rings. The second kappa shape index (κ2) is 5.55. The third-order valence-corrected chi connectivity index (χ3v) is 5.29. The second-order valence-corrected chi connectivity index (χ2v) is 6.62. The summed E-state index contributed by atoms with van der Waals surface area (Å²) in [6, 6.07) is 11.0. The Morgan fingerprint density at radius 2 is 2.00 bits per heavy atom. The summed E-state index contributed by atoms with van der Waals surface area (Å²) >= 11 is 5.37. The molecule has 1 aliphatic rings. The van der Waals surface area contributed by atoms with Crippen molar-refractivity contribution in [3.63, 3.8) is 0 Å². The Morgan fingerprint density at radius 1 is 1.17 bits per heavy atom. The molecule has 0 saturated heterocycles. The van der Waals surface area contributed by atoms with Gasteiger partial charge in [0.2, 0.25) is 0 Å². The summed E-state index contributed by atoms with van der Waals surface area (Å²) in [6.45, 7) is 1.91. The average molecular weight is 322 g/mol. The maximum Gasteiger partial charge on any atom is 0.0327 e. The van der Waals surface area contributed by atoms with E-state index in [9.17, 15) is 0 Å². The van der Waals surface area contributed by atoms with Crippen molar-refractivity contribution in [3.05, 3.63) is 56.2 Å². The molecule has 94 valence electrons. The molecule has 1 nitrogen and oxygen atoms in total. The van der Waals surface area contributed by atoms with E-state index < -0.39 is 0 Å². The Morgan fingerprint density at radius 3 is 2.72 bits per heavy atom.